The smallest absolute Gasteiger partial charge is 0.378 e. The molecule has 0 N–H and O–H groups in total. The molecule has 0 aliphatic carbocycles. The van der Waals surface area contributed by atoms with Crippen molar-refractivity contribution >= 4 is 27.0 Å². The molecule has 3 aromatic rings. The topological polar surface area (TPSA) is 94.2 Å². The maximum atomic E-state index is 12.5. The summed E-state index contributed by atoms with van der Waals surface area (Å²) in [6.07, 6.45) is 0. The van der Waals surface area contributed by atoms with E-state index in [9.17, 15) is 32.1 Å². The minimum Gasteiger partial charge on any atom is -0.378 e. The van der Waals surface area contributed by atoms with Crippen LogP contribution in [0.15, 0.2) is 72.8 Å². The predicted octanol–water partition coefficient (Wildman–Crippen LogP) is 5.61. The van der Waals surface area contributed by atoms with Crippen molar-refractivity contribution in [3.05, 3.63) is 83.9 Å². The monoisotopic (exact) mass is 497 g/mol. The highest BCUT2D eigenvalue weighted by molar-refractivity contribution is 7.88. The van der Waals surface area contributed by atoms with Crippen LogP contribution in [0.3, 0.4) is 0 Å². The number of anilines is 1. The van der Waals surface area contributed by atoms with Gasteiger partial charge in [0.15, 0.2) is 0 Å². The van der Waals surface area contributed by atoms with E-state index in [1.54, 1.807) is 12.1 Å². The summed E-state index contributed by atoms with van der Waals surface area (Å²) in [6, 6.07) is 23.2. The summed E-state index contributed by atoms with van der Waals surface area (Å²) < 4.78 is 63.9. The fourth-order valence-electron chi connectivity index (χ4n) is 3.16. The van der Waals surface area contributed by atoms with E-state index in [2.05, 4.69) is 4.18 Å². The maximum absolute atomic E-state index is 12.5. The fraction of sp³-hybridized carbons (Fsp3) is 0.120. The molecule has 0 amide bonds. The predicted molar refractivity (Wildman–Crippen MR) is 126 cm³/mol. The van der Waals surface area contributed by atoms with Crippen LogP contribution in [0.1, 0.15) is 11.1 Å². The van der Waals surface area contributed by atoms with Gasteiger partial charge in [-0.15, -0.1) is 0 Å². The molecule has 10 heteroatoms. The lowest BCUT2D eigenvalue weighted by molar-refractivity contribution is -0.0500. The average Bonchev–Trinajstić information content (AvgIpc) is 2.82. The molecule has 0 bridgehead atoms. The molecule has 0 aromatic heterocycles. The van der Waals surface area contributed by atoms with Crippen LogP contribution in [0.5, 0.6) is 5.75 Å². The van der Waals surface area contributed by atoms with Gasteiger partial charge in [-0.05, 0) is 58.7 Å². The van der Waals surface area contributed by atoms with Gasteiger partial charge in [0.2, 0.25) is 0 Å². The second kappa shape index (κ2) is 9.92. The second-order valence-electron chi connectivity index (χ2n) is 7.50. The Kier molecular flexibility index (Phi) is 7.18. The zero-order chi connectivity index (χ0) is 25.8. The Morgan fingerprint density at radius 3 is 1.54 bits per heavy atom. The number of hydrogen-bond acceptors (Lipinski definition) is 6. The van der Waals surface area contributed by atoms with Crippen molar-refractivity contribution in [2.75, 3.05) is 19.0 Å². The van der Waals surface area contributed by atoms with E-state index in [0.717, 1.165) is 28.9 Å². The Bertz CT molecular complexity index is 1430. The first-order valence-electron chi connectivity index (χ1n) is 10.0. The summed E-state index contributed by atoms with van der Waals surface area (Å²) in [7, 11) is -1.94. The Labute approximate surface area is 200 Å². The fourth-order valence-corrected chi connectivity index (χ4v) is 3.62. The van der Waals surface area contributed by atoms with Gasteiger partial charge in [0, 0.05) is 19.8 Å². The summed E-state index contributed by atoms with van der Waals surface area (Å²) in [5.74, 6) is -0.577. The summed E-state index contributed by atoms with van der Waals surface area (Å²) in [5, 5.41) is 19.4. The van der Waals surface area contributed by atoms with E-state index in [1.807, 2.05) is 67.5 Å². The number of rotatable bonds is 6. The van der Waals surface area contributed by atoms with Crippen molar-refractivity contribution < 1.29 is 25.8 Å². The summed E-state index contributed by atoms with van der Waals surface area (Å²) in [6.45, 7) is 0. The Morgan fingerprint density at radius 1 is 0.771 bits per heavy atom. The number of nitrogens with zero attached hydrogens (tertiary/aromatic N) is 3. The zero-order valence-corrected chi connectivity index (χ0v) is 19.4. The molecule has 0 atom stereocenters. The Hall–Kier alpha value is -4.28. The highest BCUT2D eigenvalue weighted by atomic mass is 32.2. The van der Waals surface area contributed by atoms with Gasteiger partial charge in [-0.1, -0.05) is 36.4 Å². The van der Waals surface area contributed by atoms with E-state index >= 15 is 0 Å². The van der Waals surface area contributed by atoms with Crippen LogP contribution >= 0.6 is 0 Å². The number of allylic oxidation sites excluding steroid dienone is 2. The molecule has 0 saturated carbocycles. The molecule has 0 spiro atoms. The first-order valence-corrected chi connectivity index (χ1v) is 11.4. The molecule has 0 fully saturated rings. The summed E-state index contributed by atoms with van der Waals surface area (Å²) in [4.78, 5) is 1.98. The number of nitriles is 2. The molecule has 3 aromatic carbocycles. The highest BCUT2D eigenvalue weighted by Crippen LogP contribution is 2.31. The first-order chi connectivity index (χ1) is 16.5. The van der Waals surface area contributed by atoms with Crippen molar-refractivity contribution in [3.63, 3.8) is 0 Å². The molecular formula is C25H18F3N3O3S. The number of halogens is 3. The quantitative estimate of drug-likeness (QED) is 0.190. The van der Waals surface area contributed by atoms with Crippen LogP contribution in [0, 0.1) is 22.7 Å². The van der Waals surface area contributed by atoms with Crippen LogP contribution < -0.4 is 9.08 Å². The molecular weight excluding hydrogens is 479 g/mol. The van der Waals surface area contributed by atoms with Gasteiger partial charge >= 0.3 is 15.6 Å². The zero-order valence-electron chi connectivity index (χ0n) is 18.5. The lowest BCUT2D eigenvalue weighted by Gasteiger charge is -2.13. The highest BCUT2D eigenvalue weighted by Gasteiger charge is 2.48. The first kappa shape index (κ1) is 25.3. The molecule has 178 valence electrons. The summed E-state index contributed by atoms with van der Waals surface area (Å²) in [5.41, 5.74) is -1.94. The molecule has 35 heavy (non-hydrogen) atoms. The molecule has 0 aliphatic rings. The minimum atomic E-state index is -5.82. The van der Waals surface area contributed by atoms with Crippen molar-refractivity contribution in [3.8, 4) is 29.0 Å². The van der Waals surface area contributed by atoms with Crippen LogP contribution in [0.2, 0.25) is 0 Å². The molecule has 0 aliphatic heterocycles. The van der Waals surface area contributed by atoms with E-state index in [0.29, 0.717) is 5.56 Å². The molecule has 3 rings (SSSR count). The van der Waals surface area contributed by atoms with Crippen molar-refractivity contribution in [1.82, 2.24) is 0 Å². The van der Waals surface area contributed by atoms with Gasteiger partial charge in [0.05, 0.1) is 11.1 Å². The van der Waals surface area contributed by atoms with Gasteiger partial charge in [-0.2, -0.15) is 32.1 Å². The SMILES string of the molecule is CN(C)c1ccc(-c2ccc(/C(C#N)=C(\C#N)c3ccc(OS(=O)(=O)C(F)(F)F)cc3)cc2)cc1. The third-order valence-corrected chi connectivity index (χ3v) is 5.98. The van der Waals surface area contributed by atoms with E-state index < -0.39 is 21.4 Å². The van der Waals surface area contributed by atoms with Gasteiger partial charge < -0.3 is 9.08 Å². The van der Waals surface area contributed by atoms with Crippen molar-refractivity contribution in [2.45, 2.75) is 5.51 Å². The maximum Gasteiger partial charge on any atom is 0.534 e. The largest absolute Gasteiger partial charge is 0.534 e. The average molecular weight is 497 g/mol. The van der Waals surface area contributed by atoms with Crippen molar-refractivity contribution in [2.24, 2.45) is 0 Å². The molecule has 0 radical (unpaired) electrons. The van der Waals surface area contributed by atoms with Crippen LogP contribution in [0.25, 0.3) is 22.3 Å². The van der Waals surface area contributed by atoms with Crippen molar-refractivity contribution in [1.29, 1.82) is 10.5 Å². The van der Waals surface area contributed by atoms with Gasteiger partial charge in [0.1, 0.15) is 17.9 Å². The molecule has 0 heterocycles. The van der Waals surface area contributed by atoms with E-state index in [1.165, 1.54) is 12.1 Å². The lowest BCUT2D eigenvalue weighted by Crippen LogP contribution is -2.28. The molecule has 6 nitrogen and oxygen atoms in total. The van der Waals surface area contributed by atoms with E-state index in [-0.39, 0.29) is 16.7 Å². The van der Waals surface area contributed by atoms with Gasteiger partial charge in [-0.25, -0.2) is 0 Å². The number of hydrogen-bond donors (Lipinski definition) is 0. The van der Waals surface area contributed by atoms with Gasteiger partial charge in [-0.3, -0.25) is 0 Å². The van der Waals surface area contributed by atoms with Crippen LogP contribution in [-0.2, 0) is 10.1 Å². The summed E-state index contributed by atoms with van der Waals surface area (Å²) >= 11 is 0. The third-order valence-electron chi connectivity index (χ3n) is 5.00. The lowest BCUT2D eigenvalue weighted by atomic mass is 9.94. The number of benzene rings is 3. The number of alkyl halides is 3. The van der Waals surface area contributed by atoms with Crippen LogP contribution in [0.4, 0.5) is 18.9 Å². The van der Waals surface area contributed by atoms with E-state index in [4.69, 9.17) is 0 Å². The normalized spacial score (nSPS) is 12.2. The Balaban J connectivity index is 1.91. The molecule has 0 unspecified atom stereocenters. The molecule has 0 saturated heterocycles. The minimum absolute atomic E-state index is 0.0270. The second-order valence-corrected chi connectivity index (χ2v) is 9.04. The van der Waals surface area contributed by atoms with Gasteiger partial charge in [0.25, 0.3) is 0 Å². The Morgan fingerprint density at radius 2 is 1.17 bits per heavy atom. The third kappa shape index (κ3) is 5.62. The standard InChI is InChI=1S/C25H18F3N3O3S/c1-31(2)21-11-7-18(8-12-21)17-3-5-19(6-4-17)23(15-29)24(16-30)20-9-13-22(14-10-20)34-35(32,33)25(26,27)28/h3-14H,1-2H3/b24-23+. The van der Waals surface area contributed by atoms with Crippen LogP contribution in [-0.4, -0.2) is 28.0 Å².